The topological polar surface area (TPSA) is 29.1 Å². The number of nitrogens with one attached hydrogen (secondary N) is 1. The SMILES string of the molecule is CCc1ccccc1C(=O)NC(CBr)C(C)C. The van der Waals surface area contributed by atoms with Crippen LogP contribution in [0.3, 0.4) is 0 Å². The standard InChI is InChI=1S/C14H20BrNO/c1-4-11-7-5-6-8-12(11)14(17)16-13(9-15)10(2)3/h5-8,10,13H,4,9H2,1-3H3,(H,16,17). The van der Waals surface area contributed by atoms with Gasteiger partial charge in [0.25, 0.3) is 5.91 Å². The van der Waals surface area contributed by atoms with Crippen molar-refractivity contribution in [3.8, 4) is 0 Å². The molecule has 1 amide bonds. The minimum atomic E-state index is 0.0283. The minimum Gasteiger partial charge on any atom is -0.348 e. The third-order valence-corrected chi connectivity index (χ3v) is 3.63. The maximum Gasteiger partial charge on any atom is 0.251 e. The molecule has 0 aliphatic heterocycles. The number of carbonyl (C=O) groups excluding carboxylic acids is 1. The van der Waals surface area contributed by atoms with Gasteiger partial charge in [0.2, 0.25) is 0 Å². The Morgan fingerprint density at radius 3 is 2.53 bits per heavy atom. The summed E-state index contributed by atoms with van der Waals surface area (Å²) in [6.07, 6.45) is 0.879. The zero-order chi connectivity index (χ0) is 12.8. The number of halogens is 1. The van der Waals surface area contributed by atoms with E-state index < -0.39 is 0 Å². The highest BCUT2D eigenvalue weighted by atomic mass is 79.9. The second-order valence-electron chi connectivity index (χ2n) is 4.49. The van der Waals surface area contributed by atoms with Crippen molar-refractivity contribution in [3.63, 3.8) is 0 Å². The van der Waals surface area contributed by atoms with E-state index in [1.807, 2.05) is 24.3 Å². The van der Waals surface area contributed by atoms with Crippen LogP contribution in [0, 0.1) is 5.92 Å². The molecule has 1 aromatic carbocycles. The molecule has 0 fully saturated rings. The summed E-state index contributed by atoms with van der Waals surface area (Å²) in [5.41, 5.74) is 1.89. The Bertz CT molecular complexity index is 376. The van der Waals surface area contributed by atoms with Crippen LogP contribution >= 0.6 is 15.9 Å². The van der Waals surface area contributed by atoms with E-state index >= 15 is 0 Å². The Balaban J connectivity index is 2.82. The van der Waals surface area contributed by atoms with Crippen LogP contribution in [0.1, 0.15) is 36.7 Å². The zero-order valence-corrected chi connectivity index (χ0v) is 12.3. The number of alkyl halides is 1. The van der Waals surface area contributed by atoms with Gasteiger partial charge in [0, 0.05) is 16.9 Å². The van der Waals surface area contributed by atoms with Crippen LogP contribution in [-0.4, -0.2) is 17.3 Å². The fraction of sp³-hybridized carbons (Fsp3) is 0.500. The molecule has 3 heteroatoms. The number of carbonyl (C=O) groups is 1. The van der Waals surface area contributed by atoms with Crippen LogP contribution in [0.15, 0.2) is 24.3 Å². The normalized spacial score (nSPS) is 12.5. The van der Waals surface area contributed by atoms with Gasteiger partial charge in [-0.05, 0) is 24.0 Å². The van der Waals surface area contributed by atoms with E-state index in [0.717, 1.165) is 22.9 Å². The quantitative estimate of drug-likeness (QED) is 0.829. The van der Waals surface area contributed by atoms with Crippen LogP contribution in [0.2, 0.25) is 0 Å². The monoisotopic (exact) mass is 297 g/mol. The van der Waals surface area contributed by atoms with Gasteiger partial charge in [-0.1, -0.05) is 54.9 Å². The predicted molar refractivity (Wildman–Crippen MR) is 75.7 cm³/mol. The van der Waals surface area contributed by atoms with Gasteiger partial charge < -0.3 is 5.32 Å². The molecule has 1 rings (SSSR count). The van der Waals surface area contributed by atoms with E-state index in [1.165, 1.54) is 0 Å². The second-order valence-corrected chi connectivity index (χ2v) is 5.14. The first-order valence-corrected chi connectivity index (χ1v) is 7.17. The summed E-state index contributed by atoms with van der Waals surface area (Å²) in [7, 11) is 0. The molecule has 0 aromatic heterocycles. The molecule has 0 saturated heterocycles. The molecule has 1 aromatic rings. The zero-order valence-electron chi connectivity index (χ0n) is 10.7. The molecule has 2 nitrogen and oxygen atoms in total. The molecule has 0 aliphatic carbocycles. The Labute approximate surface area is 112 Å². The molecule has 1 unspecified atom stereocenters. The van der Waals surface area contributed by atoms with Gasteiger partial charge in [-0.2, -0.15) is 0 Å². The van der Waals surface area contributed by atoms with Crippen molar-refractivity contribution < 1.29 is 4.79 Å². The average Bonchev–Trinajstić information content (AvgIpc) is 2.35. The summed E-state index contributed by atoms with van der Waals surface area (Å²) in [4.78, 5) is 12.2. The number of hydrogen-bond acceptors (Lipinski definition) is 1. The molecule has 0 saturated carbocycles. The molecule has 0 spiro atoms. The summed E-state index contributed by atoms with van der Waals surface area (Å²) >= 11 is 3.44. The summed E-state index contributed by atoms with van der Waals surface area (Å²) in [6.45, 7) is 6.28. The smallest absolute Gasteiger partial charge is 0.251 e. The molecule has 0 heterocycles. The minimum absolute atomic E-state index is 0.0283. The molecule has 0 bridgehead atoms. The van der Waals surface area contributed by atoms with E-state index in [9.17, 15) is 4.79 Å². The Hall–Kier alpha value is -0.830. The molecule has 17 heavy (non-hydrogen) atoms. The van der Waals surface area contributed by atoms with Crippen LogP contribution in [0.25, 0.3) is 0 Å². The lowest BCUT2D eigenvalue weighted by atomic mass is 10.0. The van der Waals surface area contributed by atoms with E-state index in [0.29, 0.717) is 5.92 Å². The number of amides is 1. The van der Waals surface area contributed by atoms with Gasteiger partial charge in [-0.15, -0.1) is 0 Å². The highest BCUT2D eigenvalue weighted by Crippen LogP contribution is 2.11. The van der Waals surface area contributed by atoms with Crippen LogP contribution in [0.5, 0.6) is 0 Å². The van der Waals surface area contributed by atoms with Crippen LogP contribution in [-0.2, 0) is 6.42 Å². The number of aryl methyl sites for hydroxylation is 1. The molecule has 1 atom stereocenters. The molecular formula is C14H20BrNO. The predicted octanol–water partition coefficient (Wildman–Crippen LogP) is 3.40. The first-order valence-electron chi connectivity index (χ1n) is 6.04. The fourth-order valence-corrected chi connectivity index (χ4v) is 2.59. The third kappa shape index (κ3) is 3.84. The summed E-state index contributed by atoms with van der Waals surface area (Å²) in [5.74, 6) is 0.452. The van der Waals surface area contributed by atoms with Gasteiger partial charge >= 0.3 is 0 Å². The molecule has 1 N–H and O–H groups in total. The first-order chi connectivity index (χ1) is 8.10. The van der Waals surface area contributed by atoms with E-state index in [-0.39, 0.29) is 11.9 Å². The van der Waals surface area contributed by atoms with Crippen molar-refractivity contribution in [1.29, 1.82) is 0 Å². The Morgan fingerprint density at radius 1 is 1.35 bits per heavy atom. The lowest BCUT2D eigenvalue weighted by Crippen LogP contribution is -2.40. The largest absolute Gasteiger partial charge is 0.348 e. The van der Waals surface area contributed by atoms with Crippen molar-refractivity contribution >= 4 is 21.8 Å². The Kier molecular flexibility index (Phi) is 5.69. The van der Waals surface area contributed by atoms with Crippen molar-refractivity contribution in [2.45, 2.75) is 33.2 Å². The summed E-state index contributed by atoms with van der Waals surface area (Å²) in [5, 5.41) is 3.85. The maximum absolute atomic E-state index is 12.2. The Morgan fingerprint density at radius 2 is 2.00 bits per heavy atom. The van der Waals surface area contributed by atoms with Crippen molar-refractivity contribution in [2.24, 2.45) is 5.92 Å². The van der Waals surface area contributed by atoms with E-state index in [2.05, 4.69) is 42.0 Å². The van der Waals surface area contributed by atoms with Gasteiger partial charge in [-0.3, -0.25) is 4.79 Å². The van der Waals surface area contributed by atoms with Crippen molar-refractivity contribution in [1.82, 2.24) is 5.32 Å². The molecule has 0 radical (unpaired) electrons. The highest BCUT2D eigenvalue weighted by molar-refractivity contribution is 9.09. The van der Waals surface area contributed by atoms with Gasteiger partial charge in [0.15, 0.2) is 0 Å². The van der Waals surface area contributed by atoms with Crippen LogP contribution in [0.4, 0.5) is 0 Å². The number of hydrogen-bond donors (Lipinski definition) is 1. The number of benzene rings is 1. The lowest BCUT2D eigenvalue weighted by Gasteiger charge is -2.20. The second kappa shape index (κ2) is 6.80. The first kappa shape index (κ1) is 14.2. The van der Waals surface area contributed by atoms with E-state index in [4.69, 9.17) is 0 Å². The van der Waals surface area contributed by atoms with Gasteiger partial charge in [0.1, 0.15) is 0 Å². The molecule has 94 valence electrons. The lowest BCUT2D eigenvalue weighted by molar-refractivity contribution is 0.0931. The summed E-state index contributed by atoms with van der Waals surface area (Å²) in [6, 6.07) is 7.95. The van der Waals surface area contributed by atoms with Crippen LogP contribution < -0.4 is 5.32 Å². The fourth-order valence-electron chi connectivity index (χ4n) is 1.68. The van der Waals surface area contributed by atoms with Gasteiger partial charge in [0.05, 0.1) is 0 Å². The third-order valence-electron chi connectivity index (χ3n) is 2.93. The average molecular weight is 298 g/mol. The van der Waals surface area contributed by atoms with Gasteiger partial charge in [-0.25, -0.2) is 0 Å². The molecule has 0 aliphatic rings. The number of rotatable bonds is 5. The van der Waals surface area contributed by atoms with Crippen molar-refractivity contribution in [3.05, 3.63) is 35.4 Å². The molecular weight excluding hydrogens is 278 g/mol. The van der Waals surface area contributed by atoms with Crippen molar-refractivity contribution in [2.75, 3.05) is 5.33 Å². The summed E-state index contributed by atoms with van der Waals surface area (Å²) < 4.78 is 0. The maximum atomic E-state index is 12.2. The highest BCUT2D eigenvalue weighted by Gasteiger charge is 2.17. The van der Waals surface area contributed by atoms with E-state index in [1.54, 1.807) is 0 Å².